The van der Waals surface area contributed by atoms with Gasteiger partial charge in [-0.1, -0.05) is 30.3 Å². The van der Waals surface area contributed by atoms with Crippen LogP contribution in [0.1, 0.15) is 15.9 Å². The van der Waals surface area contributed by atoms with Crippen LogP contribution in [-0.2, 0) is 4.79 Å². The van der Waals surface area contributed by atoms with Gasteiger partial charge in [0.2, 0.25) is 5.91 Å². The first-order chi connectivity index (χ1) is 12.5. The Hall–Kier alpha value is -3.47. The molecule has 3 aromatic rings. The number of carbonyl (C=O) groups excluding carboxylic acids is 2. The molecule has 0 unspecified atom stereocenters. The third-order valence-corrected chi connectivity index (χ3v) is 3.88. The topological polar surface area (TPSA) is 62.3 Å². The molecule has 26 heavy (non-hydrogen) atoms. The van der Waals surface area contributed by atoms with E-state index in [1.165, 1.54) is 11.0 Å². The van der Waals surface area contributed by atoms with Gasteiger partial charge in [0.15, 0.2) is 0 Å². The van der Waals surface area contributed by atoms with Gasteiger partial charge in [0, 0.05) is 37.3 Å². The molecule has 0 saturated heterocycles. The highest BCUT2D eigenvalue weighted by Gasteiger charge is 2.07. The molecule has 0 fully saturated rings. The Morgan fingerprint density at radius 1 is 1.00 bits per heavy atom. The van der Waals surface area contributed by atoms with Gasteiger partial charge in [-0.15, -0.1) is 0 Å². The van der Waals surface area contributed by atoms with E-state index in [0.717, 1.165) is 16.5 Å². The van der Waals surface area contributed by atoms with Gasteiger partial charge in [-0.05, 0) is 35.9 Å². The minimum atomic E-state index is -0.239. The molecule has 3 rings (SSSR count). The minimum absolute atomic E-state index is 0.0540. The van der Waals surface area contributed by atoms with E-state index in [0.29, 0.717) is 11.3 Å². The highest BCUT2D eigenvalue weighted by atomic mass is 16.2. The summed E-state index contributed by atoms with van der Waals surface area (Å²) in [6, 6.07) is 16.6. The monoisotopic (exact) mass is 345 g/mol. The zero-order valence-electron chi connectivity index (χ0n) is 14.6. The maximum atomic E-state index is 12.2. The molecule has 1 heterocycles. The molecule has 5 heteroatoms. The Balaban J connectivity index is 1.70. The normalized spacial score (nSPS) is 10.8. The second kappa shape index (κ2) is 7.61. The molecule has 0 spiro atoms. The molecular weight excluding hydrogens is 326 g/mol. The van der Waals surface area contributed by atoms with Crippen LogP contribution in [0.4, 0.5) is 5.69 Å². The van der Waals surface area contributed by atoms with E-state index in [-0.39, 0.29) is 11.8 Å². The average molecular weight is 345 g/mol. The fraction of sp³-hybridized carbons (Fsp3) is 0.0952. The largest absolute Gasteiger partial charge is 0.345 e. The zero-order valence-corrected chi connectivity index (χ0v) is 14.6. The van der Waals surface area contributed by atoms with Crippen molar-refractivity contribution < 1.29 is 9.59 Å². The molecular formula is C21H19N3O2. The summed E-state index contributed by atoms with van der Waals surface area (Å²) >= 11 is 0. The molecule has 0 aliphatic heterocycles. The summed E-state index contributed by atoms with van der Waals surface area (Å²) in [6.45, 7) is 0. The highest BCUT2D eigenvalue weighted by molar-refractivity contribution is 6.06. The molecule has 0 aliphatic rings. The van der Waals surface area contributed by atoms with Crippen molar-refractivity contribution in [2.45, 2.75) is 0 Å². The zero-order chi connectivity index (χ0) is 18.5. The van der Waals surface area contributed by atoms with Gasteiger partial charge >= 0.3 is 0 Å². The van der Waals surface area contributed by atoms with Crippen LogP contribution in [0.5, 0.6) is 0 Å². The van der Waals surface area contributed by atoms with Crippen LogP contribution < -0.4 is 5.32 Å². The summed E-state index contributed by atoms with van der Waals surface area (Å²) in [5.41, 5.74) is 2.87. The number of benzene rings is 2. The summed E-state index contributed by atoms with van der Waals surface area (Å²) < 4.78 is 0. The lowest BCUT2D eigenvalue weighted by atomic mass is 10.1. The van der Waals surface area contributed by atoms with Crippen molar-refractivity contribution in [3.63, 3.8) is 0 Å². The number of carbonyl (C=O) groups is 2. The summed E-state index contributed by atoms with van der Waals surface area (Å²) in [4.78, 5) is 29.9. The Morgan fingerprint density at radius 2 is 1.73 bits per heavy atom. The average Bonchev–Trinajstić information content (AvgIpc) is 2.66. The van der Waals surface area contributed by atoms with Gasteiger partial charge in [-0.2, -0.15) is 0 Å². The smallest absolute Gasteiger partial charge is 0.253 e. The van der Waals surface area contributed by atoms with Crippen molar-refractivity contribution in [2.24, 2.45) is 0 Å². The maximum absolute atomic E-state index is 12.2. The van der Waals surface area contributed by atoms with Crippen LogP contribution >= 0.6 is 0 Å². The number of nitrogens with zero attached hydrogens (tertiary/aromatic N) is 2. The van der Waals surface area contributed by atoms with E-state index in [1.54, 1.807) is 50.6 Å². The quantitative estimate of drug-likeness (QED) is 0.735. The Bertz CT molecular complexity index is 971. The fourth-order valence-electron chi connectivity index (χ4n) is 2.55. The van der Waals surface area contributed by atoms with E-state index >= 15 is 0 Å². The molecule has 130 valence electrons. The summed E-state index contributed by atoms with van der Waals surface area (Å²) in [7, 11) is 3.42. The van der Waals surface area contributed by atoms with Gasteiger partial charge < -0.3 is 10.2 Å². The van der Waals surface area contributed by atoms with E-state index in [2.05, 4.69) is 10.3 Å². The van der Waals surface area contributed by atoms with Crippen molar-refractivity contribution in [1.29, 1.82) is 0 Å². The number of hydrogen-bond acceptors (Lipinski definition) is 3. The molecule has 1 aromatic heterocycles. The van der Waals surface area contributed by atoms with E-state index in [4.69, 9.17) is 0 Å². The molecule has 0 aliphatic carbocycles. The van der Waals surface area contributed by atoms with Gasteiger partial charge in [-0.3, -0.25) is 14.6 Å². The number of fused-ring (bicyclic) bond motifs is 1. The van der Waals surface area contributed by atoms with Crippen LogP contribution in [-0.4, -0.2) is 35.8 Å². The number of nitrogens with one attached hydrogen (secondary N) is 1. The van der Waals surface area contributed by atoms with E-state index in [1.807, 2.05) is 30.3 Å². The fourth-order valence-corrected chi connectivity index (χ4v) is 2.55. The third kappa shape index (κ3) is 3.95. The van der Waals surface area contributed by atoms with Gasteiger partial charge in [0.25, 0.3) is 5.91 Å². The number of aromatic nitrogens is 1. The van der Waals surface area contributed by atoms with Crippen LogP contribution in [0.3, 0.4) is 0 Å². The van der Waals surface area contributed by atoms with Gasteiger partial charge in [0.05, 0.1) is 11.2 Å². The van der Waals surface area contributed by atoms with E-state index < -0.39 is 0 Å². The molecule has 1 N–H and O–H groups in total. The third-order valence-electron chi connectivity index (χ3n) is 3.88. The number of anilines is 1. The lowest BCUT2D eigenvalue weighted by Gasteiger charge is -2.09. The first kappa shape index (κ1) is 17.4. The van der Waals surface area contributed by atoms with Gasteiger partial charge in [-0.25, -0.2) is 0 Å². The standard InChI is InChI=1S/C21H19N3O2/c1-24(2)21(26)17-11-8-15(9-12-17)10-13-19(25)23-18-7-3-5-16-6-4-14-22-20(16)18/h3-14H,1-2H3,(H,23,25). The molecule has 0 bridgehead atoms. The Morgan fingerprint density at radius 3 is 2.46 bits per heavy atom. The van der Waals surface area contributed by atoms with Crippen LogP contribution in [0.2, 0.25) is 0 Å². The maximum Gasteiger partial charge on any atom is 0.253 e. The van der Waals surface area contributed by atoms with Crippen LogP contribution in [0.15, 0.2) is 66.9 Å². The molecule has 2 aromatic carbocycles. The number of para-hydroxylation sites is 1. The van der Waals surface area contributed by atoms with Gasteiger partial charge in [0.1, 0.15) is 0 Å². The number of pyridine rings is 1. The SMILES string of the molecule is CN(C)C(=O)c1ccc(C=CC(=O)Nc2cccc3cccnc23)cc1. The molecule has 5 nitrogen and oxygen atoms in total. The molecule has 0 saturated carbocycles. The second-order valence-corrected chi connectivity index (χ2v) is 6.02. The summed E-state index contributed by atoms with van der Waals surface area (Å²) in [5.74, 6) is -0.293. The van der Waals surface area contributed by atoms with Crippen molar-refractivity contribution in [2.75, 3.05) is 19.4 Å². The Kier molecular flexibility index (Phi) is 5.08. The summed E-state index contributed by atoms with van der Waals surface area (Å²) in [6.07, 6.45) is 4.87. The van der Waals surface area contributed by atoms with E-state index in [9.17, 15) is 9.59 Å². The van der Waals surface area contributed by atoms with Crippen LogP contribution in [0, 0.1) is 0 Å². The lowest BCUT2D eigenvalue weighted by molar-refractivity contribution is -0.111. The highest BCUT2D eigenvalue weighted by Crippen LogP contribution is 2.20. The number of hydrogen-bond donors (Lipinski definition) is 1. The van der Waals surface area contributed by atoms with Crippen molar-refractivity contribution in [3.05, 3.63) is 78.0 Å². The lowest BCUT2D eigenvalue weighted by Crippen LogP contribution is -2.21. The first-order valence-corrected chi connectivity index (χ1v) is 8.19. The minimum Gasteiger partial charge on any atom is -0.345 e. The predicted molar refractivity (Wildman–Crippen MR) is 104 cm³/mol. The second-order valence-electron chi connectivity index (χ2n) is 6.02. The van der Waals surface area contributed by atoms with Crippen molar-refractivity contribution in [1.82, 2.24) is 9.88 Å². The summed E-state index contributed by atoms with van der Waals surface area (Å²) in [5, 5.41) is 3.82. The van der Waals surface area contributed by atoms with Crippen LogP contribution in [0.25, 0.3) is 17.0 Å². The molecule has 2 amide bonds. The molecule has 0 radical (unpaired) electrons. The Labute approximate surface area is 152 Å². The predicted octanol–water partition coefficient (Wildman–Crippen LogP) is 3.59. The number of amides is 2. The van der Waals surface area contributed by atoms with Crippen molar-refractivity contribution in [3.8, 4) is 0 Å². The number of rotatable bonds is 4. The first-order valence-electron chi connectivity index (χ1n) is 8.19. The van der Waals surface area contributed by atoms with Crippen molar-refractivity contribution >= 4 is 34.5 Å². The molecule has 0 atom stereocenters.